The van der Waals surface area contributed by atoms with Crippen LogP contribution in [-0.2, 0) is 6.61 Å². The number of hydrogen-bond donors (Lipinski definition) is 3. The van der Waals surface area contributed by atoms with Crippen molar-refractivity contribution in [3.8, 4) is 17.2 Å². The second-order valence-electron chi connectivity index (χ2n) is 7.04. The summed E-state index contributed by atoms with van der Waals surface area (Å²) in [5.74, 6) is 1.91. The van der Waals surface area contributed by atoms with Gasteiger partial charge in [0.1, 0.15) is 23.9 Å². The maximum atomic E-state index is 9.84. The summed E-state index contributed by atoms with van der Waals surface area (Å²) in [4.78, 5) is 0. The van der Waals surface area contributed by atoms with Crippen molar-refractivity contribution < 1.29 is 19.7 Å². The molecular formula is C24H27Cl2NO4. The van der Waals surface area contributed by atoms with Crippen LogP contribution < -0.4 is 15.2 Å². The van der Waals surface area contributed by atoms with Crippen molar-refractivity contribution in [2.75, 3.05) is 6.61 Å². The molecule has 0 saturated heterocycles. The molecule has 0 amide bonds. The molecule has 7 heteroatoms. The van der Waals surface area contributed by atoms with Crippen molar-refractivity contribution in [2.45, 2.75) is 31.6 Å². The zero-order chi connectivity index (χ0) is 21.3. The highest BCUT2D eigenvalue weighted by atomic mass is 35.5. The zero-order valence-electron chi connectivity index (χ0n) is 17.0. The van der Waals surface area contributed by atoms with Crippen LogP contribution in [0, 0.1) is 0 Å². The molecule has 0 fully saturated rings. The molecule has 0 bridgehead atoms. The summed E-state index contributed by atoms with van der Waals surface area (Å²) in [5, 5.41) is 19.2. The topological polar surface area (TPSA) is 84.9 Å². The summed E-state index contributed by atoms with van der Waals surface area (Å²) in [6.45, 7) is 0.396. The summed E-state index contributed by atoms with van der Waals surface area (Å²) in [7, 11) is 0. The average molecular weight is 464 g/mol. The van der Waals surface area contributed by atoms with E-state index >= 15 is 0 Å². The van der Waals surface area contributed by atoms with Crippen LogP contribution in [0.25, 0.3) is 0 Å². The van der Waals surface area contributed by atoms with Gasteiger partial charge in [-0.2, -0.15) is 0 Å². The number of ether oxygens (including phenoxy) is 2. The molecule has 3 rings (SSSR count). The Bertz CT molecular complexity index is 940. The summed E-state index contributed by atoms with van der Waals surface area (Å²) in [6.07, 6.45) is -0.0631. The van der Waals surface area contributed by atoms with Crippen LogP contribution in [0.2, 0.25) is 5.02 Å². The van der Waals surface area contributed by atoms with Gasteiger partial charge < -0.3 is 25.4 Å². The predicted molar refractivity (Wildman–Crippen MR) is 125 cm³/mol. The van der Waals surface area contributed by atoms with Gasteiger partial charge in [0.05, 0.1) is 6.10 Å². The fourth-order valence-corrected chi connectivity index (χ4v) is 3.37. The number of halogens is 2. The second-order valence-corrected chi connectivity index (χ2v) is 7.45. The van der Waals surface area contributed by atoms with Crippen molar-refractivity contribution in [1.29, 1.82) is 0 Å². The van der Waals surface area contributed by atoms with Gasteiger partial charge in [0.25, 0.3) is 0 Å². The minimum Gasteiger partial charge on any atom is -0.489 e. The molecule has 0 spiro atoms. The van der Waals surface area contributed by atoms with Gasteiger partial charge in [-0.25, -0.2) is 0 Å². The van der Waals surface area contributed by atoms with E-state index in [9.17, 15) is 5.11 Å². The molecule has 0 heterocycles. The molecule has 0 aromatic heterocycles. The molecule has 3 aromatic rings. The lowest BCUT2D eigenvalue weighted by Crippen LogP contribution is -2.20. The Balaban J connectivity index is 0.00000341. The molecule has 0 aliphatic heterocycles. The van der Waals surface area contributed by atoms with E-state index < -0.39 is 12.1 Å². The first-order valence-corrected chi connectivity index (χ1v) is 10.2. The molecule has 31 heavy (non-hydrogen) atoms. The molecule has 4 N–H and O–H groups in total. The monoisotopic (exact) mass is 463 g/mol. The van der Waals surface area contributed by atoms with E-state index in [1.54, 1.807) is 18.2 Å². The molecule has 2 atom stereocenters. The Morgan fingerprint density at radius 3 is 2.32 bits per heavy atom. The maximum absolute atomic E-state index is 9.84. The number of aliphatic hydroxyl groups is 2. The van der Waals surface area contributed by atoms with Crippen molar-refractivity contribution in [1.82, 2.24) is 0 Å². The highest BCUT2D eigenvalue weighted by molar-refractivity contribution is 6.31. The average Bonchev–Trinajstić information content (AvgIpc) is 2.73. The van der Waals surface area contributed by atoms with E-state index in [-0.39, 0.29) is 25.4 Å². The van der Waals surface area contributed by atoms with Crippen LogP contribution in [0.1, 0.15) is 30.0 Å². The Morgan fingerprint density at radius 2 is 1.61 bits per heavy atom. The van der Waals surface area contributed by atoms with E-state index in [4.69, 9.17) is 31.9 Å². The Kier molecular flexibility index (Phi) is 10.1. The number of aliphatic hydroxyl groups excluding tert-OH is 2. The minimum absolute atomic E-state index is 0. The maximum Gasteiger partial charge on any atom is 0.131 e. The van der Waals surface area contributed by atoms with Crippen LogP contribution in [0.15, 0.2) is 72.8 Å². The predicted octanol–water partition coefficient (Wildman–Crippen LogP) is 5.27. The molecule has 0 aliphatic carbocycles. The third kappa shape index (κ3) is 7.73. The highest BCUT2D eigenvalue weighted by Crippen LogP contribution is 2.32. The molecular weight excluding hydrogens is 437 g/mol. The van der Waals surface area contributed by atoms with E-state index in [0.29, 0.717) is 35.3 Å². The summed E-state index contributed by atoms with van der Waals surface area (Å²) < 4.78 is 11.8. The third-order valence-electron chi connectivity index (χ3n) is 4.65. The van der Waals surface area contributed by atoms with Crippen LogP contribution >= 0.6 is 24.0 Å². The standard InChI is InChI=1S/C24H26ClNO4.ClH/c25-23-15-21(9-10-22(23)24(26)13-18(28)11-12-27)30-20-8-4-7-19(14-20)29-16-17-5-2-1-3-6-17;/h1-10,14-15,18,24,27-28H,11-13,16,26H2;1H. The van der Waals surface area contributed by atoms with E-state index in [1.807, 2.05) is 54.6 Å². The van der Waals surface area contributed by atoms with Gasteiger partial charge in [0, 0.05) is 23.7 Å². The molecule has 166 valence electrons. The lowest BCUT2D eigenvalue weighted by molar-refractivity contribution is 0.118. The van der Waals surface area contributed by atoms with Crippen LogP contribution in [0.5, 0.6) is 17.2 Å². The van der Waals surface area contributed by atoms with Crippen LogP contribution in [0.4, 0.5) is 0 Å². The van der Waals surface area contributed by atoms with Crippen molar-refractivity contribution >= 4 is 24.0 Å². The zero-order valence-corrected chi connectivity index (χ0v) is 18.6. The van der Waals surface area contributed by atoms with E-state index in [1.165, 1.54) is 0 Å². The third-order valence-corrected chi connectivity index (χ3v) is 4.98. The van der Waals surface area contributed by atoms with Crippen LogP contribution in [0.3, 0.4) is 0 Å². The molecule has 0 aliphatic rings. The smallest absolute Gasteiger partial charge is 0.131 e. The number of rotatable bonds is 10. The summed E-state index contributed by atoms with van der Waals surface area (Å²) in [5.41, 5.74) is 7.96. The first-order chi connectivity index (χ1) is 14.5. The van der Waals surface area contributed by atoms with Gasteiger partial charge in [0.15, 0.2) is 0 Å². The molecule has 2 unspecified atom stereocenters. The number of hydrogen-bond acceptors (Lipinski definition) is 5. The first kappa shape index (κ1) is 25.0. The summed E-state index contributed by atoms with van der Waals surface area (Å²) in [6, 6.07) is 22.2. The van der Waals surface area contributed by atoms with Gasteiger partial charge in [-0.3, -0.25) is 0 Å². The van der Waals surface area contributed by atoms with Gasteiger partial charge in [-0.1, -0.05) is 54.1 Å². The Labute approximate surface area is 193 Å². The second kappa shape index (κ2) is 12.5. The van der Waals surface area contributed by atoms with Gasteiger partial charge >= 0.3 is 0 Å². The minimum atomic E-state index is -0.671. The van der Waals surface area contributed by atoms with Crippen molar-refractivity contribution in [3.05, 3.63) is 88.9 Å². The normalized spacial score (nSPS) is 12.5. The first-order valence-electron chi connectivity index (χ1n) is 9.83. The fourth-order valence-electron chi connectivity index (χ4n) is 3.06. The number of nitrogens with two attached hydrogens (primary N) is 1. The lowest BCUT2D eigenvalue weighted by atomic mass is 10.00. The van der Waals surface area contributed by atoms with Crippen molar-refractivity contribution in [3.63, 3.8) is 0 Å². The Morgan fingerprint density at radius 1 is 0.903 bits per heavy atom. The molecule has 5 nitrogen and oxygen atoms in total. The van der Waals surface area contributed by atoms with Gasteiger partial charge in [0.2, 0.25) is 0 Å². The fraction of sp³-hybridized carbons (Fsp3) is 0.250. The Hall–Kier alpha value is -2.28. The quantitative estimate of drug-likeness (QED) is 0.381. The SMILES string of the molecule is Cl.NC(CC(O)CCO)c1ccc(Oc2cccc(OCc3ccccc3)c2)cc1Cl. The largest absolute Gasteiger partial charge is 0.489 e. The summed E-state index contributed by atoms with van der Waals surface area (Å²) >= 11 is 6.38. The van der Waals surface area contributed by atoms with Crippen molar-refractivity contribution in [2.24, 2.45) is 5.73 Å². The van der Waals surface area contributed by atoms with E-state index in [0.717, 1.165) is 11.1 Å². The highest BCUT2D eigenvalue weighted by Gasteiger charge is 2.16. The van der Waals surface area contributed by atoms with E-state index in [2.05, 4.69) is 0 Å². The number of benzene rings is 3. The molecule has 0 radical (unpaired) electrons. The van der Waals surface area contributed by atoms with Crippen LogP contribution in [-0.4, -0.2) is 22.9 Å². The van der Waals surface area contributed by atoms with Gasteiger partial charge in [-0.15, -0.1) is 12.4 Å². The lowest BCUT2D eigenvalue weighted by Gasteiger charge is -2.18. The molecule has 0 saturated carbocycles. The molecule has 3 aromatic carbocycles. The van der Waals surface area contributed by atoms with Gasteiger partial charge in [-0.05, 0) is 48.2 Å².